The smallest absolute Gasteiger partial charge is 0.225 e. The molecule has 0 saturated heterocycles. The van der Waals surface area contributed by atoms with Crippen molar-refractivity contribution in [2.75, 3.05) is 25.0 Å². The SMILES string of the molecule is CCN(CC)CCC(=O)Nc1cccc(C(N)=S)c1. The summed E-state index contributed by atoms with van der Waals surface area (Å²) in [6.07, 6.45) is 0.485. The van der Waals surface area contributed by atoms with Gasteiger partial charge in [0.25, 0.3) is 0 Å². The summed E-state index contributed by atoms with van der Waals surface area (Å²) in [7, 11) is 0. The molecule has 0 aromatic heterocycles. The van der Waals surface area contributed by atoms with E-state index in [0.29, 0.717) is 11.4 Å². The molecule has 0 aliphatic rings. The third kappa shape index (κ3) is 5.36. The maximum absolute atomic E-state index is 11.8. The van der Waals surface area contributed by atoms with E-state index in [9.17, 15) is 4.79 Å². The lowest BCUT2D eigenvalue weighted by Gasteiger charge is -2.17. The summed E-state index contributed by atoms with van der Waals surface area (Å²) in [6, 6.07) is 7.27. The lowest BCUT2D eigenvalue weighted by Crippen LogP contribution is -2.27. The van der Waals surface area contributed by atoms with E-state index in [-0.39, 0.29) is 5.91 Å². The molecule has 0 bridgehead atoms. The monoisotopic (exact) mass is 279 g/mol. The number of nitrogens with two attached hydrogens (primary N) is 1. The molecule has 104 valence electrons. The first-order valence-electron chi connectivity index (χ1n) is 6.48. The normalized spacial score (nSPS) is 10.5. The van der Waals surface area contributed by atoms with Gasteiger partial charge in [-0.2, -0.15) is 0 Å². The van der Waals surface area contributed by atoms with Crippen LogP contribution >= 0.6 is 12.2 Å². The van der Waals surface area contributed by atoms with Crippen molar-refractivity contribution in [2.24, 2.45) is 5.73 Å². The van der Waals surface area contributed by atoms with E-state index in [2.05, 4.69) is 24.1 Å². The Bertz CT molecular complexity index is 444. The molecule has 1 aromatic carbocycles. The maximum atomic E-state index is 11.8. The molecule has 0 heterocycles. The first-order valence-corrected chi connectivity index (χ1v) is 6.89. The Morgan fingerprint density at radius 1 is 1.37 bits per heavy atom. The van der Waals surface area contributed by atoms with Gasteiger partial charge in [-0.25, -0.2) is 0 Å². The van der Waals surface area contributed by atoms with Crippen LogP contribution in [0.5, 0.6) is 0 Å². The second-order valence-corrected chi connectivity index (χ2v) is 4.71. The average Bonchev–Trinajstić information content (AvgIpc) is 2.40. The molecule has 3 N–H and O–H groups in total. The van der Waals surface area contributed by atoms with Crippen LogP contribution in [0.1, 0.15) is 25.8 Å². The lowest BCUT2D eigenvalue weighted by atomic mass is 10.2. The number of carbonyl (C=O) groups excluding carboxylic acids is 1. The highest BCUT2D eigenvalue weighted by molar-refractivity contribution is 7.80. The van der Waals surface area contributed by atoms with Crippen molar-refractivity contribution in [3.63, 3.8) is 0 Å². The summed E-state index contributed by atoms with van der Waals surface area (Å²) < 4.78 is 0. The summed E-state index contributed by atoms with van der Waals surface area (Å²) in [5.41, 5.74) is 7.05. The molecule has 0 saturated carbocycles. The van der Waals surface area contributed by atoms with Gasteiger partial charge >= 0.3 is 0 Å². The molecule has 1 amide bonds. The Kier molecular flexibility index (Phi) is 6.45. The highest BCUT2D eigenvalue weighted by Crippen LogP contribution is 2.11. The van der Waals surface area contributed by atoms with E-state index in [4.69, 9.17) is 18.0 Å². The molecule has 0 unspecified atom stereocenters. The number of rotatable bonds is 7. The first-order chi connectivity index (χ1) is 9.06. The summed E-state index contributed by atoms with van der Waals surface area (Å²) in [5, 5.41) is 2.86. The summed E-state index contributed by atoms with van der Waals surface area (Å²) >= 11 is 4.91. The summed E-state index contributed by atoms with van der Waals surface area (Å²) in [6.45, 7) is 6.87. The number of anilines is 1. The van der Waals surface area contributed by atoms with Crippen molar-refractivity contribution in [1.29, 1.82) is 0 Å². The maximum Gasteiger partial charge on any atom is 0.225 e. The summed E-state index contributed by atoms with van der Waals surface area (Å²) in [5.74, 6) is 0.00647. The van der Waals surface area contributed by atoms with Gasteiger partial charge in [0.05, 0.1) is 0 Å². The second-order valence-electron chi connectivity index (χ2n) is 4.27. The molecule has 0 aliphatic carbocycles. The average molecular weight is 279 g/mol. The third-order valence-electron chi connectivity index (χ3n) is 2.98. The Hall–Kier alpha value is -1.46. The van der Waals surface area contributed by atoms with Crippen molar-refractivity contribution >= 4 is 28.8 Å². The van der Waals surface area contributed by atoms with Crippen molar-refractivity contribution in [2.45, 2.75) is 20.3 Å². The van der Waals surface area contributed by atoms with Crippen molar-refractivity contribution in [1.82, 2.24) is 4.90 Å². The molecule has 4 nitrogen and oxygen atoms in total. The molecule has 19 heavy (non-hydrogen) atoms. The second kappa shape index (κ2) is 7.86. The predicted octanol–water partition coefficient (Wildman–Crippen LogP) is 1.99. The largest absolute Gasteiger partial charge is 0.389 e. The molecule has 5 heteroatoms. The number of carbonyl (C=O) groups is 1. The van der Waals surface area contributed by atoms with Crippen LogP contribution in [-0.4, -0.2) is 35.4 Å². The molecule has 1 aromatic rings. The Morgan fingerprint density at radius 2 is 2.05 bits per heavy atom. The predicted molar refractivity (Wildman–Crippen MR) is 83.4 cm³/mol. The van der Waals surface area contributed by atoms with Crippen LogP contribution in [0.3, 0.4) is 0 Å². The Labute approximate surface area is 120 Å². The van der Waals surface area contributed by atoms with Gasteiger partial charge in [0, 0.05) is 24.2 Å². The highest BCUT2D eigenvalue weighted by atomic mass is 32.1. The van der Waals surface area contributed by atoms with Crippen LogP contribution < -0.4 is 11.1 Å². The van der Waals surface area contributed by atoms with E-state index in [1.54, 1.807) is 6.07 Å². The minimum Gasteiger partial charge on any atom is -0.389 e. The zero-order valence-corrected chi connectivity index (χ0v) is 12.3. The molecule has 1 rings (SSSR count). The fourth-order valence-corrected chi connectivity index (χ4v) is 1.90. The van der Waals surface area contributed by atoms with Gasteiger partial charge in [-0.05, 0) is 25.2 Å². The van der Waals surface area contributed by atoms with E-state index < -0.39 is 0 Å². The molecular weight excluding hydrogens is 258 g/mol. The number of nitrogens with one attached hydrogen (secondary N) is 1. The fourth-order valence-electron chi connectivity index (χ4n) is 1.77. The molecule has 0 aliphatic heterocycles. The van der Waals surface area contributed by atoms with Crippen LogP contribution in [0.4, 0.5) is 5.69 Å². The van der Waals surface area contributed by atoms with Gasteiger partial charge in [-0.3, -0.25) is 4.79 Å². The number of thiocarbonyl (C=S) groups is 1. The Morgan fingerprint density at radius 3 is 2.63 bits per heavy atom. The van der Waals surface area contributed by atoms with E-state index in [1.165, 1.54) is 0 Å². The van der Waals surface area contributed by atoms with E-state index in [0.717, 1.165) is 30.9 Å². The minimum absolute atomic E-state index is 0.00647. The van der Waals surface area contributed by atoms with Crippen LogP contribution in [0.25, 0.3) is 0 Å². The number of benzene rings is 1. The van der Waals surface area contributed by atoms with Crippen LogP contribution in [0.2, 0.25) is 0 Å². The summed E-state index contributed by atoms with van der Waals surface area (Å²) in [4.78, 5) is 14.4. The van der Waals surface area contributed by atoms with Gasteiger partial charge in [0.15, 0.2) is 0 Å². The number of amides is 1. The van der Waals surface area contributed by atoms with Gasteiger partial charge in [0.1, 0.15) is 4.99 Å². The Balaban J connectivity index is 2.52. The zero-order chi connectivity index (χ0) is 14.3. The van der Waals surface area contributed by atoms with Gasteiger partial charge in [-0.15, -0.1) is 0 Å². The van der Waals surface area contributed by atoms with Crippen molar-refractivity contribution in [3.8, 4) is 0 Å². The van der Waals surface area contributed by atoms with Crippen LogP contribution in [-0.2, 0) is 4.79 Å². The van der Waals surface area contributed by atoms with Gasteiger partial charge in [0.2, 0.25) is 5.91 Å². The molecule has 0 radical (unpaired) electrons. The number of hydrogen-bond donors (Lipinski definition) is 2. The quantitative estimate of drug-likeness (QED) is 0.749. The van der Waals surface area contributed by atoms with Crippen LogP contribution in [0, 0.1) is 0 Å². The fraction of sp³-hybridized carbons (Fsp3) is 0.429. The number of hydrogen-bond acceptors (Lipinski definition) is 3. The molecule has 0 fully saturated rings. The third-order valence-corrected chi connectivity index (χ3v) is 3.22. The van der Waals surface area contributed by atoms with Crippen molar-refractivity contribution < 1.29 is 4.79 Å². The van der Waals surface area contributed by atoms with Gasteiger partial charge in [-0.1, -0.05) is 38.2 Å². The lowest BCUT2D eigenvalue weighted by molar-refractivity contribution is -0.116. The van der Waals surface area contributed by atoms with E-state index in [1.807, 2.05) is 18.2 Å². The molecule has 0 spiro atoms. The number of nitrogens with zero attached hydrogens (tertiary/aromatic N) is 1. The van der Waals surface area contributed by atoms with Crippen LogP contribution in [0.15, 0.2) is 24.3 Å². The zero-order valence-electron chi connectivity index (χ0n) is 11.5. The van der Waals surface area contributed by atoms with E-state index >= 15 is 0 Å². The van der Waals surface area contributed by atoms with Gasteiger partial charge < -0.3 is 16.0 Å². The molecule has 0 atom stereocenters. The van der Waals surface area contributed by atoms with Crippen molar-refractivity contribution in [3.05, 3.63) is 29.8 Å². The highest BCUT2D eigenvalue weighted by Gasteiger charge is 2.06. The minimum atomic E-state index is 0.00647. The first kappa shape index (κ1) is 15.6. The standard InChI is InChI=1S/C14H21N3OS/c1-3-17(4-2)9-8-13(18)16-12-7-5-6-11(10-12)14(15)19/h5-7,10H,3-4,8-9H2,1-2H3,(H2,15,19)(H,16,18). The topological polar surface area (TPSA) is 58.4 Å². The molecular formula is C14H21N3OS.